The zero-order valence-electron chi connectivity index (χ0n) is 25.3. The van der Waals surface area contributed by atoms with Gasteiger partial charge in [0.05, 0.1) is 23.2 Å². The molecule has 0 radical (unpaired) electrons. The number of benzene rings is 1. The number of piperidine rings is 1. The van der Waals surface area contributed by atoms with Gasteiger partial charge in [-0.15, -0.1) is 0 Å². The SMILES string of the molecule is CC(C)(C)OC(=O)N1CCCC[C@]1(C)COC(=O)NC(Cc1ccccc1)B1O[C@@H]2C[C@@H]3C[C@@H](C3(C)C)[C@]2(C)O1. The molecule has 5 aliphatic rings. The molecule has 2 bridgehead atoms. The Morgan fingerprint density at radius 3 is 2.52 bits per heavy atom. The maximum atomic E-state index is 13.3. The average molecular weight is 555 g/mol. The number of carbonyl (C=O) groups excluding carboxylic acids is 2. The minimum absolute atomic E-state index is 0.0221. The first-order chi connectivity index (χ1) is 18.7. The van der Waals surface area contributed by atoms with Crippen molar-refractivity contribution in [2.24, 2.45) is 17.3 Å². The monoisotopic (exact) mass is 554 g/mol. The molecule has 6 atom stereocenters. The lowest BCUT2D eigenvalue weighted by Crippen LogP contribution is -2.65. The average Bonchev–Trinajstić information content (AvgIpc) is 3.24. The van der Waals surface area contributed by atoms with Crippen LogP contribution in [0.2, 0.25) is 0 Å². The fraction of sp³-hybridized carbons (Fsp3) is 0.742. The molecule has 9 heteroatoms. The second-order valence-corrected chi connectivity index (χ2v) is 14.4. The van der Waals surface area contributed by atoms with Gasteiger partial charge in [-0.25, -0.2) is 9.59 Å². The summed E-state index contributed by atoms with van der Waals surface area (Å²) in [6, 6.07) is 10.1. The summed E-state index contributed by atoms with van der Waals surface area (Å²) < 4.78 is 24.7. The number of ether oxygens (including phenoxy) is 2. The number of hydrogen-bond donors (Lipinski definition) is 1. The molecule has 1 aromatic carbocycles. The molecule has 2 saturated heterocycles. The number of alkyl carbamates (subject to hydrolysis) is 1. The van der Waals surface area contributed by atoms with Gasteiger partial charge in [0.2, 0.25) is 0 Å². The van der Waals surface area contributed by atoms with Gasteiger partial charge in [-0.3, -0.25) is 4.90 Å². The number of nitrogens with one attached hydrogen (secondary N) is 1. The number of likely N-dealkylation sites (tertiary alicyclic amines) is 1. The highest BCUT2D eigenvalue weighted by molar-refractivity contribution is 6.47. The van der Waals surface area contributed by atoms with E-state index in [0.717, 1.165) is 31.2 Å². The van der Waals surface area contributed by atoms with E-state index >= 15 is 0 Å². The van der Waals surface area contributed by atoms with Gasteiger partial charge in [-0.05, 0) is 96.0 Å². The van der Waals surface area contributed by atoms with Crippen LogP contribution < -0.4 is 5.32 Å². The van der Waals surface area contributed by atoms with Gasteiger partial charge >= 0.3 is 19.3 Å². The summed E-state index contributed by atoms with van der Waals surface area (Å²) in [6.45, 7) is 15.1. The van der Waals surface area contributed by atoms with Crippen LogP contribution in [0.15, 0.2) is 30.3 Å². The first-order valence-electron chi connectivity index (χ1n) is 15.0. The second kappa shape index (κ2) is 10.5. The van der Waals surface area contributed by atoms with E-state index in [1.165, 1.54) is 6.42 Å². The molecule has 1 aromatic rings. The van der Waals surface area contributed by atoms with Crippen LogP contribution in [-0.2, 0) is 25.2 Å². The number of amides is 2. The van der Waals surface area contributed by atoms with E-state index in [4.69, 9.17) is 18.8 Å². The quantitative estimate of drug-likeness (QED) is 0.450. The third kappa shape index (κ3) is 5.60. The maximum absolute atomic E-state index is 13.3. The fourth-order valence-electron chi connectivity index (χ4n) is 7.53. The van der Waals surface area contributed by atoms with Crippen molar-refractivity contribution in [3.05, 3.63) is 35.9 Å². The van der Waals surface area contributed by atoms with E-state index in [-0.39, 0.29) is 29.8 Å². The molecule has 5 fully saturated rings. The van der Waals surface area contributed by atoms with Crippen molar-refractivity contribution in [3.63, 3.8) is 0 Å². The van der Waals surface area contributed by atoms with E-state index in [1.807, 2.05) is 58.0 Å². The largest absolute Gasteiger partial charge is 0.482 e. The lowest BCUT2D eigenvalue weighted by atomic mass is 9.43. The third-order valence-corrected chi connectivity index (χ3v) is 10.0. The molecule has 1 N–H and O–H groups in total. The van der Waals surface area contributed by atoms with Crippen molar-refractivity contribution < 1.29 is 28.4 Å². The second-order valence-electron chi connectivity index (χ2n) is 14.4. The van der Waals surface area contributed by atoms with Gasteiger partial charge in [0.25, 0.3) is 0 Å². The van der Waals surface area contributed by atoms with Gasteiger partial charge in [0.15, 0.2) is 0 Å². The fourth-order valence-corrected chi connectivity index (χ4v) is 7.53. The van der Waals surface area contributed by atoms with Crippen LogP contribution in [0.25, 0.3) is 0 Å². The van der Waals surface area contributed by atoms with Crippen molar-refractivity contribution in [3.8, 4) is 0 Å². The number of nitrogens with zero attached hydrogens (tertiary/aromatic N) is 1. The Balaban J connectivity index is 1.27. The molecular formula is C31H47BN2O6. The summed E-state index contributed by atoms with van der Waals surface area (Å²) in [4.78, 5) is 28.0. The van der Waals surface area contributed by atoms with E-state index in [0.29, 0.717) is 24.8 Å². The third-order valence-electron chi connectivity index (χ3n) is 10.0. The van der Waals surface area contributed by atoms with Crippen LogP contribution in [0, 0.1) is 17.3 Å². The van der Waals surface area contributed by atoms with E-state index in [9.17, 15) is 9.59 Å². The lowest BCUT2D eigenvalue weighted by molar-refractivity contribution is -0.199. The molecule has 40 heavy (non-hydrogen) atoms. The Labute approximate surface area is 240 Å². The molecule has 2 heterocycles. The molecule has 2 amide bonds. The van der Waals surface area contributed by atoms with Crippen molar-refractivity contribution in [1.29, 1.82) is 0 Å². The molecule has 220 valence electrons. The number of rotatable bonds is 6. The Hall–Kier alpha value is -2.26. The molecule has 8 nitrogen and oxygen atoms in total. The summed E-state index contributed by atoms with van der Waals surface area (Å²) in [5.41, 5.74) is -0.279. The maximum Gasteiger partial charge on any atom is 0.482 e. The highest BCUT2D eigenvalue weighted by atomic mass is 16.7. The van der Waals surface area contributed by atoms with Crippen LogP contribution in [0.5, 0.6) is 0 Å². The molecular weight excluding hydrogens is 507 g/mol. The highest BCUT2D eigenvalue weighted by Crippen LogP contribution is 2.65. The van der Waals surface area contributed by atoms with Crippen molar-refractivity contribution in [1.82, 2.24) is 10.2 Å². The van der Waals surface area contributed by atoms with Gasteiger partial charge < -0.3 is 24.1 Å². The molecule has 3 aliphatic carbocycles. The Kier molecular flexibility index (Phi) is 7.71. The number of carbonyl (C=O) groups is 2. The minimum atomic E-state index is -0.637. The van der Waals surface area contributed by atoms with Crippen LogP contribution >= 0.6 is 0 Å². The highest BCUT2D eigenvalue weighted by Gasteiger charge is 2.68. The summed E-state index contributed by atoms with van der Waals surface area (Å²) in [5.74, 6) is 0.662. The minimum Gasteiger partial charge on any atom is -0.447 e. The van der Waals surface area contributed by atoms with E-state index < -0.39 is 30.3 Å². The Bertz CT molecular complexity index is 1090. The zero-order valence-corrected chi connectivity index (χ0v) is 25.3. The van der Waals surface area contributed by atoms with Gasteiger partial charge in [-0.1, -0.05) is 44.2 Å². The Morgan fingerprint density at radius 2 is 1.85 bits per heavy atom. The number of hydrogen-bond acceptors (Lipinski definition) is 6. The van der Waals surface area contributed by atoms with Crippen LogP contribution in [0.4, 0.5) is 9.59 Å². The molecule has 2 aliphatic heterocycles. The van der Waals surface area contributed by atoms with E-state index in [1.54, 1.807) is 4.90 Å². The Morgan fingerprint density at radius 1 is 1.12 bits per heavy atom. The first kappa shape index (κ1) is 29.2. The van der Waals surface area contributed by atoms with Crippen molar-refractivity contribution in [2.45, 2.75) is 116 Å². The predicted molar refractivity (Wildman–Crippen MR) is 154 cm³/mol. The van der Waals surface area contributed by atoms with Crippen molar-refractivity contribution >= 4 is 19.3 Å². The standard InChI is InChI=1S/C31H47BN2O6/c1-28(2,3)38-27(36)34-16-12-11-15-30(34,6)20-37-26(35)33-25(17-21-13-9-8-10-14-21)32-39-24-19-22-18-23(29(22,4)5)31(24,7)40-32/h8-10,13-14,22-25H,11-12,15-20H2,1-7H3,(H,33,35)/t22-,23-,24+,25?,30+,31-/m0/s1. The smallest absolute Gasteiger partial charge is 0.447 e. The predicted octanol–water partition coefficient (Wildman–Crippen LogP) is 5.77. The van der Waals surface area contributed by atoms with Gasteiger partial charge in [0.1, 0.15) is 12.2 Å². The van der Waals surface area contributed by atoms with E-state index in [2.05, 4.69) is 26.1 Å². The normalized spacial score (nSPS) is 33.4. The molecule has 0 spiro atoms. The van der Waals surface area contributed by atoms with Crippen LogP contribution in [0.1, 0.15) is 86.1 Å². The summed E-state index contributed by atoms with van der Waals surface area (Å²) in [7, 11) is -0.568. The van der Waals surface area contributed by atoms with Crippen LogP contribution in [-0.4, -0.2) is 66.1 Å². The molecule has 6 rings (SSSR count). The summed E-state index contributed by atoms with van der Waals surface area (Å²) in [5, 5.41) is 3.08. The summed E-state index contributed by atoms with van der Waals surface area (Å²) >= 11 is 0. The molecule has 3 saturated carbocycles. The zero-order chi connectivity index (χ0) is 28.9. The lowest BCUT2D eigenvalue weighted by Gasteiger charge is -2.64. The van der Waals surface area contributed by atoms with Gasteiger partial charge in [0, 0.05) is 6.54 Å². The topological polar surface area (TPSA) is 86.3 Å². The summed E-state index contributed by atoms with van der Waals surface area (Å²) in [6.07, 6.45) is 4.42. The molecule has 1 unspecified atom stereocenters. The first-order valence-corrected chi connectivity index (χ1v) is 15.0. The molecule has 0 aromatic heterocycles. The van der Waals surface area contributed by atoms with Crippen molar-refractivity contribution in [2.75, 3.05) is 13.2 Å². The van der Waals surface area contributed by atoms with Crippen LogP contribution in [0.3, 0.4) is 0 Å². The van der Waals surface area contributed by atoms with Gasteiger partial charge in [-0.2, -0.15) is 0 Å².